The Morgan fingerprint density at radius 2 is 2.07 bits per heavy atom. The van der Waals surface area contributed by atoms with E-state index >= 15 is 0 Å². The van der Waals surface area contributed by atoms with Gasteiger partial charge in [-0.15, -0.1) is 0 Å². The molecule has 0 bridgehead atoms. The standard InChI is InChI=1S/C21H17BrN2O5S/c1-3-28-16-9-12(8-13(22)19(16)29-11-18(25)27-2)10-17-20(26)24-15-7-5-4-6-14(15)23-21(24)30-17/h4-10H,3,11H2,1-2H3/b17-10-. The van der Waals surface area contributed by atoms with Crippen LogP contribution in [0.1, 0.15) is 12.5 Å². The van der Waals surface area contributed by atoms with Crippen LogP contribution in [-0.4, -0.2) is 35.7 Å². The Labute approximate surface area is 183 Å². The zero-order chi connectivity index (χ0) is 21.3. The monoisotopic (exact) mass is 488 g/mol. The lowest BCUT2D eigenvalue weighted by Crippen LogP contribution is -2.22. The van der Waals surface area contributed by atoms with Crippen molar-refractivity contribution in [3.05, 3.63) is 61.3 Å². The highest BCUT2D eigenvalue weighted by molar-refractivity contribution is 9.10. The number of para-hydroxylation sites is 2. The van der Waals surface area contributed by atoms with Gasteiger partial charge in [0.15, 0.2) is 23.1 Å². The summed E-state index contributed by atoms with van der Waals surface area (Å²) in [7, 11) is 1.30. The van der Waals surface area contributed by atoms with Gasteiger partial charge in [0.05, 0.1) is 33.8 Å². The molecule has 0 amide bonds. The Hall–Kier alpha value is -2.91. The van der Waals surface area contributed by atoms with Gasteiger partial charge in [-0.1, -0.05) is 23.5 Å². The molecule has 0 saturated heterocycles. The predicted octanol–water partition coefficient (Wildman–Crippen LogP) is 3.17. The minimum Gasteiger partial charge on any atom is -0.490 e. The van der Waals surface area contributed by atoms with Crippen molar-refractivity contribution in [1.29, 1.82) is 0 Å². The molecular formula is C21H17BrN2O5S. The van der Waals surface area contributed by atoms with Crippen LogP contribution < -0.4 is 19.6 Å². The lowest BCUT2D eigenvalue weighted by atomic mass is 10.2. The summed E-state index contributed by atoms with van der Waals surface area (Å²) in [6, 6.07) is 11.1. The van der Waals surface area contributed by atoms with E-state index in [9.17, 15) is 9.59 Å². The fourth-order valence-electron chi connectivity index (χ4n) is 3.03. The molecule has 7 nitrogen and oxygen atoms in total. The molecule has 0 radical (unpaired) electrons. The van der Waals surface area contributed by atoms with Gasteiger partial charge in [-0.3, -0.25) is 4.79 Å². The summed E-state index contributed by atoms with van der Waals surface area (Å²) in [5.41, 5.74) is 2.21. The minimum absolute atomic E-state index is 0.121. The van der Waals surface area contributed by atoms with E-state index < -0.39 is 5.97 Å². The van der Waals surface area contributed by atoms with Crippen LogP contribution in [0.25, 0.3) is 22.1 Å². The number of carbonyl (C=O) groups excluding carboxylic acids is 1. The van der Waals surface area contributed by atoms with E-state index in [2.05, 4.69) is 25.7 Å². The highest BCUT2D eigenvalue weighted by Crippen LogP contribution is 2.37. The Morgan fingerprint density at radius 1 is 1.27 bits per heavy atom. The number of hydrogen-bond donors (Lipinski definition) is 0. The molecule has 0 fully saturated rings. The second-order valence-corrected chi connectivity index (χ2v) is 8.13. The predicted molar refractivity (Wildman–Crippen MR) is 118 cm³/mol. The van der Waals surface area contributed by atoms with E-state index in [1.54, 1.807) is 22.6 Å². The molecular weight excluding hydrogens is 472 g/mol. The van der Waals surface area contributed by atoms with Gasteiger partial charge in [0.25, 0.3) is 5.56 Å². The number of thiazole rings is 1. The first kappa shape index (κ1) is 20.4. The molecule has 2 heterocycles. The highest BCUT2D eigenvalue weighted by Gasteiger charge is 2.15. The molecule has 9 heteroatoms. The third-order valence-corrected chi connectivity index (χ3v) is 5.89. The topological polar surface area (TPSA) is 79.1 Å². The molecule has 0 unspecified atom stereocenters. The van der Waals surface area contributed by atoms with Crippen molar-refractivity contribution >= 4 is 55.3 Å². The molecule has 0 aliphatic rings. The van der Waals surface area contributed by atoms with E-state index in [0.29, 0.717) is 32.1 Å². The first-order valence-corrected chi connectivity index (χ1v) is 10.7. The summed E-state index contributed by atoms with van der Waals surface area (Å²) in [5.74, 6) is 0.361. The van der Waals surface area contributed by atoms with Crippen molar-refractivity contribution in [2.45, 2.75) is 6.92 Å². The number of benzene rings is 2. The molecule has 0 aliphatic heterocycles. The van der Waals surface area contributed by atoms with Crippen LogP contribution in [-0.2, 0) is 9.53 Å². The number of methoxy groups -OCH3 is 1. The Balaban J connectivity index is 1.79. The molecule has 0 N–H and O–H groups in total. The maximum absolute atomic E-state index is 13.0. The molecule has 2 aromatic heterocycles. The number of nitrogens with zero attached hydrogens (tertiary/aromatic N) is 2. The van der Waals surface area contributed by atoms with E-state index in [-0.39, 0.29) is 12.2 Å². The lowest BCUT2D eigenvalue weighted by Gasteiger charge is -2.14. The van der Waals surface area contributed by atoms with Crippen LogP contribution in [0.2, 0.25) is 0 Å². The van der Waals surface area contributed by atoms with Crippen LogP contribution in [0.5, 0.6) is 11.5 Å². The van der Waals surface area contributed by atoms with Crippen LogP contribution in [0.3, 0.4) is 0 Å². The smallest absolute Gasteiger partial charge is 0.343 e. The van der Waals surface area contributed by atoms with Crippen LogP contribution >= 0.6 is 27.3 Å². The van der Waals surface area contributed by atoms with Gasteiger partial charge in [-0.05, 0) is 58.8 Å². The van der Waals surface area contributed by atoms with Gasteiger partial charge in [0.1, 0.15) is 0 Å². The third kappa shape index (κ3) is 3.78. The number of hydrogen-bond acceptors (Lipinski definition) is 7. The second kappa shape index (κ2) is 8.45. The van der Waals surface area contributed by atoms with E-state index in [1.165, 1.54) is 18.4 Å². The zero-order valence-corrected chi connectivity index (χ0v) is 18.6. The first-order chi connectivity index (χ1) is 14.5. The van der Waals surface area contributed by atoms with Crippen molar-refractivity contribution in [3.8, 4) is 11.5 Å². The average molecular weight is 489 g/mol. The fraction of sp³-hybridized carbons (Fsp3) is 0.190. The van der Waals surface area contributed by atoms with Gasteiger partial charge >= 0.3 is 5.97 Å². The van der Waals surface area contributed by atoms with Crippen molar-refractivity contribution in [3.63, 3.8) is 0 Å². The molecule has 2 aromatic carbocycles. The molecule has 0 spiro atoms. The SMILES string of the molecule is CCOc1cc(/C=c2\sc3nc4ccccc4n3c2=O)cc(Br)c1OCC(=O)OC. The van der Waals surface area contributed by atoms with Crippen LogP contribution in [0.4, 0.5) is 0 Å². The third-order valence-electron chi connectivity index (χ3n) is 4.34. The molecule has 4 rings (SSSR count). The van der Waals surface area contributed by atoms with Crippen molar-refractivity contribution < 1.29 is 19.0 Å². The maximum Gasteiger partial charge on any atom is 0.343 e. The molecule has 0 atom stereocenters. The molecule has 0 saturated carbocycles. The number of carbonyl (C=O) groups is 1. The summed E-state index contributed by atoms with van der Waals surface area (Å²) in [6.07, 6.45) is 1.79. The lowest BCUT2D eigenvalue weighted by molar-refractivity contribution is -0.142. The van der Waals surface area contributed by atoms with Gasteiger partial charge < -0.3 is 14.2 Å². The van der Waals surface area contributed by atoms with Crippen LogP contribution in [0.15, 0.2) is 45.7 Å². The highest BCUT2D eigenvalue weighted by atomic mass is 79.9. The van der Waals surface area contributed by atoms with Gasteiger partial charge in [-0.2, -0.15) is 0 Å². The summed E-state index contributed by atoms with van der Waals surface area (Å²) < 4.78 is 18.6. The normalized spacial score (nSPS) is 11.9. The Morgan fingerprint density at radius 3 is 2.83 bits per heavy atom. The summed E-state index contributed by atoms with van der Waals surface area (Å²) in [5, 5.41) is 0. The van der Waals surface area contributed by atoms with Crippen molar-refractivity contribution in [2.24, 2.45) is 0 Å². The number of esters is 1. The van der Waals surface area contributed by atoms with Crippen molar-refractivity contribution in [2.75, 3.05) is 20.3 Å². The summed E-state index contributed by atoms with van der Waals surface area (Å²) in [4.78, 5) is 29.6. The average Bonchev–Trinajstić information content (AvgIpc) is 3.23. The number of ether oxygens (including phenoxy) is 3. The zero-order valence-electron chi connectivity index (χ0n) is 16.2. The van der Waals surface area contributed by atoms with E-state index in [4.69, 9.17) is 9.47 Å². The van der Waals surface area contributed by atoms with E-state index in [0.717, 1.165) is 16.6 Å². The number of imidazole rings is 1. The largest absolute Gasteiger partial charge is 0.490 e. The fourth-order valence-corrected chi connectivity index (χ4v) is 4.59. The number of fused-ring (bicyclic) bond motifs is 3. The number of rotatable bonds is 6. The number of halogens is 1. The number of aromatic nitrogens is 2. The van der Waals surface area contributed by atoms with Gasteiger partial charge in [0.2, 0.25) is 0 Å². The first-order valence-electron chi connectivity index (χ1n) is 9.09. The van der Waals surface area contributed by atoms with Crippen molar-refractivity contribution in [1.82, 2.24) is 9.38 Å². The van der Waals surface area contributed by atoms with E-state index in [1.807, 2.05) is 31.2 Å². The Bertz CT molecular complexity index is 1360. The van der Waals surface area contributed by atoms with Gasteiger partial charge in [0, 0.05) is 0 Å². The quantitative estimate of drug-likeness (QED) is 0.388. The Kier molecular flexibility index (Phi) is 5.74. The molecule has 4 aromatic rings. The van der Waals surface area contributed by atoms with Crippen LogP contribution in [0, 0.1) is 0 Å². The summed E-state index contributed by atoms with van der Waals surface area (Å²) >= 11 is 4.79. The van der Waals surface area contributed by atoms with Gasteiger partial charge in [-0.25, -0.2) is 14.2 Å². The maximum atomic E-state index is 13.0. The second-order valence-electron chi connectivity index (χ2n) is 6.26. The molecule has 0 aliphatic carbocycles. The molecule has 30 heavy (non-hydrogen) atoms. The molecule has 154 valence electrons. The minimum atomic E-state index is -0.495. The summed E-state index contributed by atoms with van der Waals surface area (Å²) in [6.45, 7) is 2.03.